The quantitative estimate of drug-likeness (QED) is 0.111. The lowest BCUT2D eigenvalue weighted by Crippen LogP contribution is -2.56. The number of rotatable bonds is 6. The average Bonchev–Trinajstić information content (AvgIpc) is 2.66. The van der Waals surface area contributed by atoms with Crippen LogP contribution < -0.4 is 20.7 Å². The zero-order chi connectivity index (χ0) is 22.5. The van der Waals surface area contributed by atoms with Crippen LogP contribution in [0, 0.1) is 13.7 Å². The zero-order valence-corrected chi connectivity index (χ0v) is 20.4. The first-order valence-corrected chi connectivity index (χ1v) is 10.7. The summed E-state index contributed by atoms with van der Waals surface area (Å²) in [7, 11) is 1.40. The monoisotopic (exact) mass is 602 g/mol. The maximum absolute atomic E-state index is 12.5. The molecule has 2 aromatic rings. The fraction of sp³-hybridized carbons (Fsp3) is 0.176. The van der Waals surface area contributed by atoms with Gasteiger partial charge in [0.1, 0.15) is 11.9 Å². The molecule has 0 fully saturated rings. The molecule has 2 rings (SSSR count). The van der Waals surface area contributed by atoms with Gasteiger partial charge in [-0.15, -0.1) is 0 Å². The second-order valence-electron chi connectivity index (χ2n) is 5.70. The lowest BCUT2D eigenvalue weighted by molar-refractivity contribution is -0.384. The third kappa shape index (κ3) is 6.98. The van der Waals surface area contributed by atoms with Gasteiger partial charge in [-0.05, 0) is 59.1 Å². The summed E-state index contributed by atoms with van der Waals surface area (Å²) in [6.07, 6.45) is -1.21. The van der Waals surface area contributed by atoms with Crippen LogP contribution >= 0.6 is 69.6 Å². The molecule has 0 saturated heterocycles. The highest BCUT2D eigenvalue weighted by Crippen LogP contribution is 2.31. The van der Waals surface area contributed by atoms with Crippen molar-refractivity contribution in [2.75, 3.05) is 12.4 Å². The van der Waals surface area contributed by atoms with Crippen molar-refractivity contribution in [2.45, 2.75) is 9.96 Å². The van der Waals surface area contributed by atoms with E-state index in [4.69, 9.17) is 51.8 Å². The minimum absolute atomic E-state index is 0.0620. The highest BCUT2D eigenvalue weighted by molar-refractivity contribution is 14.1. The number of amides is 1. The Labute approximate surface area is 205 Å². The first kappa shape index (κ1) is 24.7. The van der Waals surface area contributed by atoms with E-state index < -0.39 is 20.8 Å². The number of nitro benzene ring substituents is 1. The van der Waals surface area contributed by atoms with Gasteiger partial charge < -0.3 is 20.7 Å². The molecular weight excluding hydrogens is 590 g/mol. The fourth-order valence-electron chi connectivity index (χ4n) is 2.24. The van der Waals surface area contributed by atoms with E-state index in [1.54, 1.807) is 18.2 Å². The zero-order valence-electron chi connectivity index (χ0n) is 15.1. The summed E-state index contributed by atoms with van der Waals surface area (Å²) in [5.41, 5.74) is 0.407. The average molecular weight is 604 g/mol. The van der Waals surface area contributed by atoms with Gasteiger partial charge in [-0.3, -0.25) is 14.9 Å². The molecule has 0 bridgehead atoms. The second kappa shape index (κ2) is 10.6. The standard InChI is InChI=1S/C17H14Cl3IN4O4S/c1-29-13-6-5-11(25(27)28)8-12(13)22-16(30)24-15(17(18,19)20)23-14(26)9-3-2-4-10(21)7-9/h2-8,15H,1H3,(H,23,26)(H2,22,24,30)/t15-/m1/s1. The maximum atomic E-state index is 12.5. The van der Waals surface area contributed by atoms with E-state index >= 15 is 0 Å². The van der Waals surface area contributed by atoms with Gasteiger partial charge in [-0.2, -0.15) is 0 Å². The minimum Gasteiger partial charge on any atom is -0.495 e. The van der Waals surface area contributed by atoms with Gasteiger partial charge in [0.05, 0.1) is 17.7 Å². The first-order chi connectivity index (χ1) is 14.0. The molecule has 0 spiro atoms. The SMILES string of the molecule is COc1ccc([N+](=O)[O-])cc1NC(=S)N[C@@H](NC(=O)c1cccc(I)c1)C(Cl)(Cl)Cl. The molecule has 8 nitrogen and oxygen atoms in total. The van der Waals surface area contributed by atoms with Gasteiger partial charge in [0.15, 0.2) is 5.11 Å². The van der Waals surface area contributed by atoms with Crippen LogP contribution in [0.15, 0.2) is 42.5 Å². The number of ether oxygens (including phenoxy) is 1. The highest BCUT2D eigenvalue weighted by Gasteiger charge is 2.35. The number of carbonyl (C=O) groups is 1. The number of alkyl halides is 3. The molecular formula is C17H14Cl3IN4O4S. The van der Waals surface area contributed by atoms with E-state index in [9.17, 15) is 14.9 Å². The number of nitrogens with zero attached hydrogens (tertiary/aromatic N) is 1. The van der Waals surface area contributed by atoms with Crippen molar-refractivity contribution in [3.8, 4) is 5.75 Å². The van der Waals surface area contributed by atoms with Crippen molar-refractivity contribution in [1.82, 2.24) is 10.6 Å². The summed E-state index contributed by atoms with van der Waals surface area (Å²) >= 11 is 25.2. The highest BCUT2D eigenvalue weighted by atomic mass is 127. The number of carbonyl (C=O) groups excluding carboxylic acids is 1. The van der Waals surface area contributed by atoms with Crippen LogP contribution in [0.5, 0.6) is 5.75 Å². The first-order valence-electron chi connectivity index (χ1n) is 8.04. The van der Waals surface area contributed by atoms with E-state index in [0.717, 1.165) is 3.57 Å². The molecule has 30 heavy (non-hydrogen) atoms. The molecule has 3 N–H and O–H groups in total. The minimum atomic E-state index is -1.96. The van der Waals surface area contributed by atoms with Crippen LogP contribution in [0.3, 0.4) is 0 Å². The molecule has 0 aliphatic carbocycles. The van der Waals surface area contributed by atoms with Crippen LogP contribution in [0.25, 0.3) is 0 Å². The molecule has 2 aromatic carbocycles. The van der Waals surface area contributed by atoms with Crippen molar-refractivity contribution < 1.29 is 14.5 Å². The molecule has 160 valence electrons. The van der Waals surface area contributed by atoms with Crippen molar-refractivity contribution in [3.63, 3.8) is 0 Å². The molecule has 13 heteroatoms. The van der Waals surface area contributed by atoms with Crippen molar-refractivity contribution in [3.05, 3.63) is 61.7 Å². The van der Waals surface area contributed by atoms with E-state index in [1.165, 1.54) is 25.3 Å². The van der Waals surface area contributed by atoms with Crippen LogP contribution in [-0.2, 0) is 0 Å². The van der Waals surface area contributed by atoms with Crippen molar-refractivity contribution in [1.29, 1.82) is 0 Å². The van der Waals surface area contributed by atoms with Crippen molar-refractivity contribution in [2.24, 2.45) is 0 Å². The Kier molecular flexibility index (Phi) is 8.73. The molecule has 0 heterocycles. The Bertz CT molecular complexity index is 974. The van der Waals surface area contributed by atoms with Crippen LogP contribution in [-0.4, -0.2) is 33.0 Å². The number of hydrogen-bond acceptors (Lipinski definition) is 5. The lowest BCUT2D eigenvalue weighted by atomic mass is 10.2. The van der Waals surface area contributed by atoms with Crippen LogP contribution in [0.4, 0.5) is 11.4 Å². The largest absolute Gasteiger partial charge is 0.495 e. The molecule has 0 saturated carbocycles. The summed E-state index contributed by atoms with van der Waals surface area (Å²) < 4.78 is 4.06. The number of halogens is 4. The Morgan fingerprint density at radius 1 is 1.23 bits per heavy atom. The third-order valence-electron chi connectivity index (χ3n) is 3.61. The van der Waals surface area contributed by atoms with Gasteiger partial charge in [-0.1, -0.05) is 40.9 Å². The summed E-state index contributed by atoms with van der Waals surface area (Å²) in [5.74, 6) is -0.189. The third-order valence-corrected chi connectivity index (χ3v) is 5.15. The summed E-state index contributed by atoms with van der Waals surface area (Å²) in [5, 5.41) is 18.9. The summed E-state index contributed by atoms with van der Waals surface area (Å²) in [6.45, 7) is 0. The predicted molar refractivity (Wildman–Crippen MR) is 130 cm³/mol. The molecule has 1 amide bonds. The van der Waals surface area contributed by atoms with Crippen LogP contribution in [0.2, 0.25) is 0 Å². The predicted octanol–water partition coefficient (Wildman–Crippen LogP) is 4.62. The molecule has 1 atom stereocenters. The Hall–Kier alpha value is -1.60. The molecule has 0 aromatic heterocycles. The molecule has 0 unspecified atom stereocenters. The smallest absolute Gasteiger partial charge is 0.271 e. The van der Waals surface area contributed by atoms with E-state index in [-0.39, 0.29) is 16.5 Å². The molecule has 0 aliphatic rings. The Balaban J connectivity index is 2.17. The number of nitrogens with one attached hydrogen (secondary N) is 3. The lowest BCUT2D eigenvalue weighted by Gasteiger charge is -2.28. The number of benzene rings is 2. The number of methoxy groups -OCH3 is 1. The fourth-order valence-corrected chi connectivity index (χ4v) is 3.34. The number of hydrogen-bond donors (Lipinski definition) is 3. The molecule has 0 aliphatic heterocycles. The summed E-state index contributed by atoms with van der Waals surface area (Å²) in [4.78, 5) is 23.0. The topological polar surface area (TPSA) is 106 Å². The Morgan fingerprint density at radius 2 is 1.93 bits per heavy atom. The molecule has 0 radical (unpaired) electrons. The second-order valence-corrected chi connectivity index (χ2v) is 9.72. The van der Waals surface area contributed by atoms with E-state index in [0.29, 0.717) is 11.3 Å². The number of thiocarbonyl (C=S) groups is 1. The number of nitro groups is 1. The maximum Gasteiger partial charge on any atom is 0.271 e. The van der Waals surface area contributed by atoms with Crippen LogP contribution in [0.1, 0.15) is 10.4 Å². The Morgan fingerprint density at radius 3 is 2.50 bits per heavy atom. The van der Waals surface area contributed by atoms with Gasteiger partial charge in [-0.25, -0.2) is 0 Å². The van der Waals surface area contributed by atoms with Crippen molar-refractivity contribution >= 4 is 92.0 Å². The van der Waals surface area contributed by atoms with Gasteiger partial charge in [0.25, 0.3) is 11.6 Å². The van der Waals surface area contributed by atoms with Gasteiger partial charge in [0.2, 0.25) is 3.79 Å². The van der Waals surface area contributed by atoms with Gasteiger partial charge >= 0.3 is 0 Å². The number of non-ortho nitro benzene ring substituents is 1. The van der Waals surface area contributed by atoms with Gasteiger partial charge in [0, 0.05) is 21.3 Å². The van der Waals surface area contributed by atoms with E-state index in [2.05, 4.69) is 38.5 Å². The summed E-state index contributed by atoms with van der Waals surface area (Å²) in [6, 6.07) is 10.7. The normalized spacial score (nSPS) is 11.9. The number of anilines is 1. The van der Waals surface area contributed by atoms with E-state index in [1.807, 2.05) is 6.07 Å².